The molecule has 2 aromatic rings. The highest BCUT2D eigenvalue weighted by atomic mass is 35.5. The van der Waals surface area contributed by atoms with Crippen molar-refractivity contribution in [2.75, 3.05) is 0 Å². The van der Waals surface area contributed by atoms with Gasteiger partial charge in [-0.05, 0) is 25.1 Å². The van der Waals surface area contributed by atoms with Crippen LogP contribution in [0.2, 0.25) is 5.02 Å². The Bertz CT molecular complexity index is 784. The predicted octanol–water partition coefficient (Wildman–Crippen LogP) is 3.18. The van der Waals surface area contributed by atoms with Gasteiger partial charge in [-0.15, -0.1) is 0 Å². The summed E-state index contributed by atoms with van der Waals surface area (Å²) in [5.41, 5.74) is 0.951. The summed E-state index contributed by atoms with van der Waals surface area (Å²) in [5, 5.41) is 9.38. The van der Waals surface area contributed by atoms with Gasteiger partial charge in [-0.1, -0.05) is 47.5 Å². The van der Waals surface area contributed by atoms with Crippen molar-refractivity contribution in [1.29, 1.82) is 0 Å². The van der Waals surface area contributed by atoms with Gasteiger partial charge in [0.25, 0.3) is 10.1 Å². The summed E-state index contributed by atoms with van der Waals surface area (Å²) in [6.45, 7) is 1.81. The van der Waals surface area contributed by atoms with Crippen molar-refractivity contribution in [2.45, 2.75) is 17.9 Å². The molecule has 0 aliphatic heterocycles. The number of carboxylic acid groups (broad SMARTS) is 1. The summed E-state index contributed by atoms with van der Waals surface area (Å²) in [4.78, 5) is 11.3. The fourth-order valence-corrected chi connectivity index (χ4v) is 3.06. The highest BCUT2D eigenvalue weighted by Gasteiger charge is 2.30. The van der Waals surface area contributed by atoms with Gasteiger partial charge in [-0.25, -0.2) is 8.98 Å². The fourth-order valence-electron chi connectivity index (χ4n) is 1.80. The summed E-state index contributed by atoms with van der Waals surface area (Å²) in [7, 11) is -4.23. The third-order valence-electron chi connectivity index (χ3n) is 2.94. The number of aryl methyl sites for hydroxylation is 1. The van der Waals surface area contributed by atoms with Crippen LogP contribution >= 0.6 is 11.6 Å². The van der Waals surface area contributed by atoms with Crippen molar-refractivity contribution in [1.82, 2.24) is 0 Å². The van der Waals surface area contributed by atoms with Crippen LogP contribution in [-0.4, -0.2) is 19.5 Å². The van der Waals surface area contributed by atoms with E-state index in [2.05, 4.69) is 0 Å². The topological polar surface area (TPSA) is 80.7 Å². The number of carbonyl (C=O) groups is 1. The minimum atomic E-state index is -4.23. The molecule has 116 valence electrons. The van der Waals surface area contributed by atoms with Crippen molar-refractivity contribution in [2.24, 2.45) is 0 Å². The summed E-state index contributed by atoms with van der Waals surface area (Å²) >= 11 is 5.92. The molecule has 0 fully saturated rings. The molecule has 0 spiro atoms. The van der Waals surface area contributed by atoms with Crippen molar-refractivity contribution in [3.8, 4) is 0 Å². The third-order valence-corrected chi connectivity index (χ3v) is 4.58. The van der Waals surface area contributed by atoms with Crippen LogP contribution in [0, 0.1) is 6.92 Å². The van der Waals surface area contributed by atoms with Gasteiger partial charge in [0.2, 0.25) is 6.10 Å². The monoisotopic (exact) mass is 340 g/mol. The maximum Gasteiger partial charge on any atom is 0.339 e. The molecule has 0 heterocycles. The van der Waals surface area contributed by atoms with Crippen LogP contribution in [-0.2, 0) is 19.1 Å². The van der Waals surface area contributed by atoms with Gasteiger partial charge in [0, 0.05) is 10.6 Å². The molecule has 2 aromatic carbocycles. The number of halogens is 1. The molecular formula is C15H13ClO5S. The van der Waals surface area contributed by atoms with E-state index in [0.717, 1.165) is 5.56 Å². The summed E-state index contributed by atoms with van der Waals surface area (Å²) in [6, 6.07) is 12.0. The van der Waals surface area contributed by atoms with Crippen molar-refractivity contribution < 1.29 is 22.5 Å². The van der Waals surface area contributed by atoms with Crippen molar-refractivity contribution in [3.05, 3.63) is 64.7 Å². The lowest BCUT2D eigenvalue weighted by Gasteiger charge is -2.15. The van der Waals surface area contributed by atoms with E-state index in [0.29, 0.717) is 0 Å². The molecular weight excluding hydrogens is 328 g/mol. The van der Waals surface area contributed by atoms with Crippen molar-refractivity contribution >= 4 is 27.7 Å². The molecule has 1 N–H and O–H groups in total. The standard InChI is InChI=1S/C15H13ClO5S/c1-10-6-8-11(9-7-10)22(19,20)21-14(15(17)18)12-4-2-3-5-13(12)16/h2-9,14H,1H3,(H,17,18)/t14-/m1/s1. The summed E-state index contributed by atoms with van der Waals surface area (Å²) < 4.78 is 29.3. The normalized spacial score (nSPS) is 12.8. The van der Waals surface area contributed by atoms with E-state index in [4.69, 9.17) is 15.8 Å². The Balaban J connectivity index is 2.38. The minimum absolute atomic E-state index is 0.0763. The van der Waals surface area contributed by atoms with Gasteiger partial charge in [-0.2, -0.15) is 8.42 Å². The zero-order valence-corrected chi connectivity index (χ0v) is 13.1. The van der Waals surface area contributed by atoms with Gasteiger partial charge in [-0.3, -0.25) is 0 Å². The van der Waals surface area contributed by atoms with E-state index < -0.39 is 22.2 Å². The highest BCUT2D eigenvalue weighted by molar-refractivity contribution is 7.86. The van der Waals surface area contributed by atoms with Gasteiger partial charge < -0.3 is 5.11 Å². The van der Waals surface area contributed by atoms with Crippen LogP contribution in [0.25, 0.3) is 0 Å². The lowest BCUT2D eigenvalue weighted by Crippen LogP contribution is -2.20. The Labute approximate surface area is 133 Å². The molecule has 2 rings (SSSR count). The Morgan fingerprint density at radius 3 is 2.27 bits per heavy atom. The van der Waals surface area contributed by atoms with Gasteiger partial charge >= 0.3 is 5.97 Å². The SMILES string of the molecule is Cc1ccc(S(=O)(=O)O[C@@H](C(=O)O)c2ccccc2Cl)cc1. The molecule has 5 nitrogen and oxygen atoms in total. The van der Waals surface area contributed by atoms with Crippen LogP contribution in [0.15, 0.2) is 53.4 Å². The Kier molecular flexibility index (Phi) is 4.85. The zero-order valence-electron chi connectivity index (χ0n) is 11.6. The van der Waals surface area contributed by atoms with Crippen LogP contribution in [0.3, 0.4) is 0 Å². The summed E-state index contributed by atoms with van der Waals surface area (Å²) in [6.07, 6.45) is -1.71. The molecule has 0 aliphatic carbocycles. The molecule has 0 radical (unpaired) electrons. The molecule has 7 heteroatoms. The molecule has 22 heavy (non-hydrogen) atoms. The first-order chi connectivity index (χ1) is 10.3. The average Bonchev–Trinajstić information content (AvgIpc) is 2.46. The van der Waals surface area contributed by atoms with Crippen molar-refractivity contribution in [3.63, 3.8) is 0 Å². The van der Waals surface area contributed by atoms with Crippen LogP contribution in [0.5, 0.6) is 0 Å². The molecule has 1 atom stereocenters. The summed E-state index contributed by atoms with van der Waals surface area (Å²) in [5.74, 6) is -1.44. The van der Waals surface area contributed by atoms with E-state index >= 15 is 0 Å². The Morgan fingerprint density at radius 1 is 1.14 bits per heavy atom. The number of aliphatic carboxylic acids is 1. The van der Waals surface area contributed by atoms with E-state index in [1.54, 1.807) is 31.2 Å². The molecule has 0 saturated carbocycles. The van der Waals surface area contributed by atoms with E-state index in [9.17, 15) is 18.3 Å². The lowest BCUT2D eigenvalue weighted by atomic mass is 10.1. The van der Waals surface area contributed by atoms with Gasteiger partial charge in [0.15, 0.2) is 0 Å². The second-order valence-corrected chi connectivity index (χ2v) is 6.58. The van der Waals surface area contributed by atoms with Crippen LogP contribution < -0.4 is 0 Å². The molecule has 0 saturated heterocycles. The smallest absolute Gasteiger partial charge is 0.339 e. The Morgan fingerprint density at radius 2 is 1.73 bits per heavy atom. The predicted molar refractivity (Wildman–Crippen MR) is 81.3 cm³/mol. The molecule has 0 bridgehead atoms. The van der Waals surface area contributed by atoms with E-state index in [-0.39, 0.29) is 15.5 Å². The van der Waals surface area contributed by atoms with E-state index in [1.807, 2.05) is 0 Å². The third kappa shape index (κ3) is 3.65. The quantitative estimate of drug-likeness (QED) is 0.845. The number of hydrogen-bond acceptors (Lipinski definition) is 4. The number of hydrogen-bond donors (Lipinski definition) is 1. The van der Waals surface area contributed by atoms with E-state index in [1.165, 1.54) is 24.3 Å². The van der Waals surface area contributed by atoms with Crippen LogP contribution in [0.1, 0.15) is 17.2 Å². The number of benzene rings is 2. The second kappa shape index (κ2) is 6.48. The van der Waals surface area contributed by atoms with Gasteiger partial charge in [0.1, 0.15) is 0 Å². The molecule has 0 unspecified atom stereocenters. The molecule has 0 aromatic heterocycles. The lowest BCUT2D eigenvalue weighted by molar-refractivity contribution is -0.145. The van der Waals surface area contributed by atoms with Gasteiger partial charge in [0.05, 0.1) is 4.90 Å². The first kappa shape index (κ1) is 16.5. The maximum atomic E-state index is 12.2. The number of carboxylic acids is 1. The largest absolute Gasteiger partial charge is 0.479 e. The first-order valence-electron chi connectivity index (χ1n) is 6.28. The maximum absolute atomic E-state index is 12.2. The average molecular weight is 341 g/mol. The zero-order chi connectivity index (χ0) is 16.3. The molecule has 0 aliphatic rings. The highest BCUT2D eigenvalue weighted by Crippen LogP contribution is 2.29. The fraction of sp³-hybridized carbons (Fsp3) is 0.133. The minimum Gasteiger partial charge on any atom is -0.479 e. The van der Waals surface area contributed by atoms with Crippen LogP contribution in [0.4, 0.5) is 0 Å². The first-order valence-corrected chi connectivity index (χ1v) is 8.07. The second-order valence-electron chi connectivity index (χ2n) is 4.60. The molecule has 0 amide bonds. The number of rotatable bonds is 5. The Hall–Kier alpha value is -1.89.